The Balaban J connectivity index is 2.07. The number of thiophene rings is 1. The van der Waals surface area contributed by atoms with Crippen molar-refractivity contribution in [2.75, 3.05) is 12.3 Å². The summed E-state index contributed by atoms with van der Waals surface area (Å²) in [6.45, 7) is -0.0558. The van der Waals surface area contributed by atoms with Gasteiger partial charge < -0.3 is 11.1 Å². The monoisotopic (exact) mass is 336 g/mol. The summed E-state index contributed by atoms with van der Waals surface area (Å²) in [5.41, 5.74) is 6.16. The first-order chi connectivity index (χ1) is 9.79. The maximum atomic E-state index is 12.0. The molecule has 0 aliphatic carbocycles. The molecule has 0 saturated heterocycles. The molecule has 21 heavy (non-hydrogen) atoms. The van der Waals surface area contributed by atoms with Crippen molar-refractivity contribution in [1.29, 1.82) is 0 Å². The van der Waals surface area contributed by atoms with E-state index in [1.54, 1.807) is 18.2 Å². The van der Waals surface area contributed by atoms with Crippen LogP contribution >= 0.6 is 22.9 Å². The number of nitrogen functional groups attached to an aromatic ring is 1. The van der Waals surface area contributed by atoms with Gasteiger partial charge in [-0.25, -0.2) is 0 Å². The van der Waals surface area contributed by atoms with Gasteiger partial charge in [0.05, 0.1) is 10.7 Å². The van der Waals surface area contributed by atoms with Crippen LogP contribution in [0.15, 0.2) is 18.2 Å². The van der Waals surface area contributed by atoms with Crippen molar-refractivity contribution in [3.8, 4) is 0 Å². The number of nitrogens with one attached hydrogen (secondary N) is 1. The number of alkyl halides is 3. The summed E-state index contributed by atoms with van der Waals surface area (Å²) >= 11 is 7.19. The molecule has 0 atom stereocenters. The highest BCUT2D eigenvalue weighted by Crippen LogP contribution is 2.37. The van der Waals surface area contributed by atoms with Gasteiger partial charge in [0.15, 0.2) is 0 Å². The van der Waals surface area contributed by atoms with Crippen molar-refractivity contribution < 1.29 is 18.0 Å². The number of halogens is 4. The van der Waals surface area contributed by atoms with Crippen LogP contribution in [0.4, 0.5) is 18.9 Å². The molecule has 0 radical (unpaired) electrons. The topological polar surface area (TPSA) is 55.1 Å². The first-order valence-electron chi connectivity index (χ1n) is 6.11. The summed E-state index contributed by atoms with van der Waals surface area (Å²) in [6, 6.07) is 5.19. The van der Waals surface area contributed by atoms with Gasteiger partial charge in [-0.2, -0.15) is 13.2 Å². The smallest absolute Gasteiger partial charge is 0.389 e. The van der Waals surface area contributed by atoms with E-state index in [0.29, 0.717) is 10.4 Å². The largest absolute Gasteiger partial charge is 0.397 e. The Kier molecular flexibility index (Phi) is 4.63. The van der Waals surface area contributed by atoms with Gasteiger partial charge >= 0.3 is 6.18 Å². The predicted molar refractivity (Wildman–Crippen MR) is 78.9 cm³/mol. The van der Waals surface area contributed by atoms with Crippen LogP contribution < -0.4 is 11.1 Å². The van der Waals surface area contributed by atoms with Crippen molar-refractivity contribution in [1.82, 2.24) is 5.32 Å². The lowest BCUT2D eigenvalue weighted by Crippen LogP contribution is -2.25. The lowest BCUT2D eigenvalue weighted by molar-refractivity contribution is -0.135. The minimum absolute atomic E-state index is 0.0558. The lowest BCUT2D eigenvalue weighted by Gasteiger charge is -2.07. The summed E-state index contributed by atoms with van der Waals surface area (Å²) in [7, 11) is 0. The summed E-state index contributed by atoms with van der Waals surface area (Å²) < 4.78 is 36.8. The number of benzene rings is 1. The first-order valence-corrected chi connectivity index (χ1v) is 7.30. The average Bonchev–Trinajstić information content (AvgIpc) is 2.72. The van der Waals surface area contributed by atoms with E-state index in [4.69, 9.17) is 17.3 Å². The van der Waals surface area contributed by atoms with Crippen LogP contribution in [0.5, 0.6) is 0 Å². The molecule has 0 saturated carbocycles. The van der Waals surface area contributed by atoms with Crippen LogP contribution in [0.3, 0.4) is 0 Å². The van der Waals surface area contributed by atoms with E-state index in [0.717, 1.165) is 4.70 Å². The third-order valence-electron chi connectivity index (χ3n) is 2.83. The number of carbonyl (C=O) groups is 1. The van der Waals surface area contributed by atoms with E-state index in [9.17, 15) is 18.0 Å². The number of fused-ring (bicyclic) bond motifs is 1. The molecule has 0 aliphatic rings. The molecular formula is C13H12ClF3N2OS. The molecule has 1 aromatic carbocycles. The lowest BCUT2D eigenvalue weighted by atomic mass is 10.2. The predicted octanol–water partition coefficient (Wildman–Crippen LogP) is 4.21. The number of rotatable bonds is 4. The van der Waals surface area contributed by atoms with E-state index in [1.165, 1.54) is 11.3 Å². The van der Waals surface area contributed by atoms with Gasteiger partial charge in [-0.1, -0.05) is 17.7 Å². The molecule has 3 N–H and O–H groups in total. The molecule has 0 spiro atoms. The number of hydrogen-bond donors (Lipinski definition) is 2. The second-order valence-corrected chi connectivity index (χ2v) is 5.89. The maximum absolute atomic E-state index is 12.0. The van der Waals surface area contributed by atoms with Crippen LogP contribution in [0.2, 0.25) is 5.02 Å². The highest BCUT2D eigenvalue weighted by atomic mass is 35.5. The van der Waals surface area contributed by atoms with Gasteiger partial charge in [0.1, 0.15) is 4.88 Å². The molecule has 1 amide bonds. The number of carbonyl (C=O) groups excluding carboxylic acids is 1. The molecule has 0 unspecified atom stereocenters. The number of amides is 1. The fourth-order valence-corrected chi connectivity index (χ4v) is 3.27. The van der Waals surface area contributed by atoms with Crippen LogP contribution in [0, 0.1) is 0 Å². The number of anilines is 1. The van der Waals surface area contributed by atoms with Gasteiger partial charge in [0.25, 0.3) is 5.91 Å². The zero-order valence-corrected chi connectivity index (χ0v) is 12.3. The fraction of sp³-hybridized carbons (Fsp3) is 0.308. The zero-order valence-electron chi connectivity index (χ0n) is 10.8. The highest BCUT2D eigenvalue weighted by Gasteiger charge is 2.26. The van der Waals surface area contributed by atoms with Gasteiger partial charge in [-0.05, 0) is 18.6 Å². The van der Waals surface area contributed by atoms with Crippen LogP contribution in [0.1, 0.15) is 22.5 Å². The van der Waals surface area contributed by atoms with Crippen molar-refractivity contribution in [3.05, 3.63) is 28.1 Å². The van der Waals surface area contributed by atoms with E-state index in [1.807, 2.05) is 0 Å². The van der Waals surface area contributed by atoms with Crippen molar-refractivity contribution in [2.45, 2.75) is 19.0 Å². The third kappa shape index (κ3) is 3.79. The van der Waals surface area contributed by atoms with E-state index in [-0.39, 0.29) is 23.5 Å². The normalized spacial score (nSPS) is 11.8. The Morgan fingerprint density at radius 2 is 2.10 bits per heavy atom. The second kappa shape index (κ2) is 6.11. The summed E-state index contributed by atoms with van der Waals surface area (Å²) in [6.07, 6.45) is -5.31. The van der Waals surface area contributed by atoms with Gasteiger partial charge in [-0.3, -0.25) is 4.79 Å². The Hall–Kier alpha value is -1.47. The number of nitrogens with two attached hydrogens (primary N) is 1. The Labute approximate surface area is 127 Å². The van der Waals surface area contributed by atoms with Crippen LogP contribution in [-0.2, 0) is 0 Å². The Bertz CT molecular complexity index is 669. The molecule has 114 valence electrons. The van der Waals surface area contributed by atoms with Gasteiger partial charge in [0, 0.05) is 23.1 Å². The molecule has 1 aromatic heterocycles. The molecule has 2 aromatic rings. The molecule has 8 heteroatoms. The third-order valence-corrected chi connectivity index (χ3v) is 4.31. The molecule has 2 rings (SSSR count). The van der Waals surface area contributed by atoms with Gasteiger partial charge in [-0.15, -0.1) is 11.3 Å². The minimum atomic E-state index is -4.21. The second-order valence-electron chi connectivity index (χ2n) is 4.43. The Morgan fingerprint density at radius 1 is 1.38 bits per heavy atom. The summed E-state index contributed by atoms with van der Waals surface area (Å²) in [5, 5.41) is 3.48. The average molecular weight is 337 g/mol. The van der Waals surface area contributed by atoms with Crippen LogP contribution in [-0.4, -0.2) is 18.6 Å². The van der Waals surface area contributed by atoms with E-state index in [2.05, 4.69) is 5.32 Å². The molecule has 0 fully saturated rings. The molecular weight excluding hydrogens is 325 g/mol. The molecule has 0 aliphatic heterocycles. The standard InChI is InChI=1S/C13H12ClF3N2OS/c14-7-3-1-4-8-9(7)10(18)11(21-8)12(20)19-6-2-5-13(15,16)17/h1,3-4H,2,5-6,18H2,(H,19,20). The van der Waals surface area contributed by atoms with Crippen molar-refractivity contribution >= 4 is 44.6 Å². The number of hydrogen-bond acceptors (Lipinski definition) is 3. The molecule has 3 nitrogen and oxygen atoms in total. The summed E-state index contributed by atoms with van der Waals surface area (Å²) in [4.78, 5) is 12.2. The minimum Gasteiger partial charge on any atom is -0.397 e. The quantitative estimate of drug-likeness (QED) is 0.822. The molecule has 1 heterocycles. The van der Waals surface area contributed by atoms with Gasteiger partial charge in [0.2, 0.25) is 0 Å². The molecule has 0 bridgehead atoms. The van der Waals surface area contributed by atoms with Crippen molar-refractivity contribution in [2.24, 2.45) is 0 Å². The highest BCUT2D eigenvalue weighted by molar-refractivity contribution is 7.21. The van der Waals surface area contributed by atoms with Crippen molar-refractivity contribution in [3.63, 3.8) is 0 Å². The Morgan fingerprint density at radius 3 is 2.71 bits per heavy atom. The maximum Gasteiger partial charge on any atom is 0.389 e. The summed E-state index contributed by atoms with van der Waals surface area (Å²) in [5.74, 6) is -0.480. The van der Waals surface area contributed by atoms with Crippen LogP contribution in [0.25, 0.3) is 10.1 Å². The SMILES string of the molecule is Nc1c(C(=O)NCCCC(F)(F)F)sc2cccc(Cl)c12. The van der Waals surface area contributed by atoms with E-state index < -0.39 is 18.5 Å². The van der Waals surface area contributed by atoms with E-state index >= 15 is 0 Å². The first kappa shape index (κ1) is 15.9. The zero-order chi connectivity index (χ0) is 15.6. The fourth-order valence-electron chi connectivity index (χ4n) is 1.87.